The summed E-state index contributed by atoms with van der Waals surface area (Å²) in [6.07, 6.45) is -2.82. The van der Waals surface area contributed by atoms with E-state index < -0.39 is 18.9 Å². The predicted molar refractivity (Wildman–Crippen MR) is 97.7 cm³/mol. The molecular weight excluding hydrogens is 369 g/mol. The number of halogens is 3. The molecule has 0 fully saturated rings. The molecule has 28 heavy (non-hydrogen) atoms. The third kappa shape index (κ3) is 4.12. The van der Waals surface area contributed by atoms with Crippen molar-refractivity contribution in [2.75, 3.05) is 6.61 Å². The van der Waals surface area contributed by atoms with Gasteiger partial charge in [-0.1, -0.05) is 36.4 Å². The monoisotopic (exact) mass is 388 g/mol. The number of benzene rings is 2. The zero-order valence-electron chi connectivity index (χ0n) is 15.0. The molecule has 2 aromatic rings. The number of ether oxygens (including phenoxy) is 2. The zero-order chi connectivity index (χ0) is 19.7. The van der Waals surface area contributed by atoms with Gasteiger partial charge in [0.25, 0.3) is 0 Å². The molecule has 2 atom stereocenters. The minimum absolute atomic E-state index is 0.00632. The first-order valence-electron chi connectivity index (χ1n) is 9.13. The third-order valence-corrected chi connectivity index (χ3v) is 5.08. The minimum atomic E-state index is -4.40. The Morgan fingerprint density at radius 3 is 2.61 bits per heavy atom. The van der Waals surface area contributed by atoms with Crippen LogP contribution in [0, 0.1) is 5.92 Å². The Kier molecular flexibility index (Phi) is 4.98. The van der Waals surface area contributed by atoms with Crippen LogP contribution in [0.15, 0.2) is 54.6 Å². The highest BCUT2D eigenvalue weighted by Crippen LogP contribution is 2.48. The highest BCUT2D eigenvalue weighted by atomic mass is 19.4. The van der Waals surface area contributed by atoms with Crippen molar-refractivity contribution in [3.05, 3.63) is 71.3 Å². The quantitative estimate of drug-likeness (QED) is 0.701. The van der Waals surface area contributed by atoms with E-state index in [1.807, 2.05) is 36.4 Å². The number of allylic oxidation sites excluding steroid dienone is 2. The fourth-order valence-electron chi connectivity index (χ4n) is 3.85. The summed E-state index contributed by atoms with van der Waals surface area (Å²) in [4.78, 5) is 11.8. The molecule has 0 unspecified atom stereocenters. The highest BCUT2D eigenvalue weighted by Gasteiger charge is 2.38. The lowest BCUT2D eigenvalue weighted by atomic mass is 9.79. The van der Waals surface area contributed by atoms with Gasteiger partial charge in [-0.2, -0.15) is 13.2 Å². The fourth-order valence-corrected chi connectivity index (χ4v) is 3.85. The van der Waals surface area contributed by atoms with Crippen molar-refractivity contribution in [3.8, 4) is 5.75 Å². The van der Waals surface area contributed by atoms with Gasteiger partial charge in [-0.05, 0) is 52.8 Å². The van der Waals surface area contributed by atoms with Crippen LogP contribution in [0.3, 0.4) is 0 Å². The number of alkyl halides is 3. The molecular formula is C22H19F3O3. The van der Waals surface area contributed by atoms with Gasteiger partial charge >= 0.3 is 6.18 Å². The molecule has 0 saturated heterocycles. The SMILES string of the molecule is O=C1C=C2c3ccc(OCc4ccccc4)cc3[C@H](OCC(F)(F)F)C[C@H]2C1. The Balaban J connectivity index is 1.60. The van der Waals surface area contributed by atoms with E-state index in [1.54, 1.807) is 18.2 Å². The molecule has 0 heterocycles. The van der Waals surface area contributed by atoms with Crippen LogP contribution in [-0.4, -0.2) is 18.6 Å². The summed E-state index contributed by atoms with van der Waals surface area (Å²) in [6.45, 7) is -0.955. The molecule has 0 N–H and O–H groups in total. The zero-order valence-corrected chi connectivity index (χ0v) is 15.0. The van der Waals surface area contributed by atoms with Crippen LogP contribution >= 0.6 is 0 Å². The number of ketones is 1. The van der Waals surface area contributed by atoms with Gasteiger partial charge in [0, 0.05) is 6.42 Å². The van der Waals surface area contributed by atoms with Crippen molar-refractivity contribution in [2.45, 2.75) is 31.7 Å². The average Bonchev–Trinajstić information content (AvgIpc) is 3.04. The topological polar surface area (TPSA) is 35.5 Å². The predicted octanol–water partition coefficient (Wildman–Crippen LogP) is 5.26. The van der Waals surface area contributed by atoms with E-state index in [-0.39, 0.29) is 11.7 Å². The first kappa shape index (κ1) is 18.7. The van der Waals surface area contributed by atoms with E-state index in [0.717, 1.165) is 16.7 Å². The average molecular weight is 388 g/mol. The van der Waals surface area contributed by atoms with Gasteiger partial charge in [0.05, 0.1) is 6.10 Å². The van der Waals surface area contributed by atoms with Gasteiger partial charge in [0.1, 0.15) is 19.0 Å². The summed E-state index contributed by atoms with van der Waals surface area (Å²) in [5.74, 6) is 0.479. The van der Waals surface area contributed by atoms with Gasteiger partial charge in [0.2, 0.25) is 0 Å². The van der Waals surface area contributed by atoms with Gasteiger partial charge in [0.15, 0.2) is 5.78 Å². The lowest BCUT2D eigenvalue weighted by Crippen LogP contribution is -2.24. The Labute approximate surface area is 160 Å². The molecule has 6 heteroatoms. The lowest BCUT2D eigenvalue weighted by molar-refractivity contribution is -0.187. The van der Waals surface area contributed by atoms with Crippen molar-refractivity contribution in [1.82, 2.24) is 0 Å². The number of hydrogen-bond donors (Lipinski definition) is 0. The Morgan fingerprint density at radius 1 is 1.07 bits per heavy atom. The van der Waals surface area contributed by atoms with E-state index in [4.69, 9.17) is 9.47 Å². The van der Waals surface area contributed by atoms with Crippen LogP contribution in [0.4, 0.5) is 13.2 Å². The Bertz CT molecular complexity index is 903. The molecule has 0 spiro atoms. The van der Waals surface area contributed by atoms with Crippen LogP contribution in [0.25, 0.3) is 5.57 Å². The molecule has 2 aliphatic carbocycles. The molecule has 0 radical (unpaired) electrons. The molecule has 4 rings (SSSR count). The van der Waals surface area contributed by atoms with E-state index in [9.17, 15) is 18.0 Å². The molecule has 0 aromatic heterocycles. The van der Waals surface area contributed by atoms with Crippen molar-refractivity contribution in [2.24, 2.45) is 5.92 Å². The first-order valence-corrected chi connectivity index (χ1v) is 9.13. The van der Waals surface area contributed by atoms with E-state index in [1.165, 1.54) is 0 Å². The van der Waals surface area contributed by atoms with Crippen molar-refractivity contribution in [3.63, 3.8) is 0 Å². The molecule has 0 amide bonds. The molecule has 0 aliphatic heterocycles. The lowest BCUT2D eigenvalue weighted by Gasteiger charge is -2.31. The summed E-state index contributed by atoms with van der Waals surface area (Å²) in [6, 6.07) is 15.0. The molecule has 2 aromatic carbocycles. The van der Waals surface area contributed by atoms with Gasteiger partial charge < -0.3 is 9.47 Å². The summed E-state index contributed by atoms with van der Waals surface area (Å²) in [5, 5.41) is 0. The first-order chi connectivity index (χ1) is 13.4. The fraction of sp³-hybridized carbons (Fsp3) is 0.318. The van der Waals surface area contributed by atoms with E-state index >= 15 is 0 Å². The second kappa shape index (κ2) is 7.43. The summed E-state index contributed by atoms with van der Waals surface area (Å²) >= 11 is 0. The van der Waals surface area contributed by atoms with Crippen LogP contribution in [0.2, 0.25) is 0 Å². The standard InChI is InChI=1S/C22H19F3O3/c23-22(24,25)13-28-21-9-15-8-16(26)10-19(15)18-7-6-17(11-20(18)21)27-12-14-4-2-1-3-5-14/h1-7,10-11,15,21H,8-9,12-13H2/t15-,21-/m1/s1. The number of hydrogen-bond acceptors (Lipinski definition) is 3. The third-order valence-electron chi connectivity index (χ3n) is 5.08. The largest absolute Gasteiger partial charge is 0.489 e. The van der Waals surface area contributed by atoms with Crippen LogP contribution in [0.5, 0.6) is 5.75 Å². The van der Waals surface area contributed by atoms with Crippen molar-refractivity contribution < 1.29 is 27.4 Å². The van der Waals surface area contributed by atoms with Crippen molar-refractivity contribution in [1.29, 1.82) is 0 Å². The number of carbonyl (C=O) groups excluding carboxylic acids is 1. The number of carbonyl (C=O) groups is 1. The van der Waals surface area contributed by atoms with Crippen LogP contribution in [0.1, 0.15) is 35.6 Å². The summed E-state index contributed by atoms with van der Waals surface area (Å²) in [7, 11) is 0. The van der Waals surface area contributed by atoms with Crippen LogP contribution in [-0.2, 0) is 16.1 Å². The normalized spacial score (nSPS) is 21.1. The number of rotatable bonds is 5. The van der Waals surface area contributed by atoms with Gasteiger partial charge in [-0.25, -0.2) is 0 Å². The van der Waals surface area contributed by atoms with E-state index in [2.05, 4.69) is 0 Å². The maximum absolute atomic E-state index is 12.7. The summed E-state index contributed by atoms with van der Waals surface area (Å²) in [5.41, 5.74) is 3.31. The van der Waals surface area contributed by atoms with Crippen molar-refractivity contribution >= 4 is 11.4 Å². The molecule has 146 valence electrons. The Morgan fingerprint density at radius 2 is 1.86 bits per heavy atom. The van der Waals surface area contributed by atoms with Gasteiger partial charge in [-0.15, -0.1) is 0 Å². The smallest absolute Gasteiger partial charge is 0.411 e. The van der Waals surface area contributed by atoms with Gasteiger partial charge in [-0.3, -0.25) is 4.79 Å². The highest BCUT2D eigenvalue weighted by molar-refractivity contribution is 6.03. The minimum Gasteiger partial charge on any atom is -0.489 e. The second-order valence-corrected chi connectivity index (χ2v) is 7.14. The second-order valence-electron chi connectivity index (χ2n) is 7.14. The Hall–Kier alpha value is -2.60. The molecule has 0 saturated carbocycles. The summed E-state index contributed by atoms with van der Waals surface area (Å²) < 4.78 is 49.1. The number of fused-ring (bicyclic) bond motifs is 3. The van der Waals surface area contributed by atoms with E-state index in [0.29, 0.717) is 30.8 Å². The molecule has 3 nitrogen and oxygen atoms in total. The molecule has 2 aliphatic rings. The van der Waals surface area contributed by atoms with Crippen LogP contribution < -0.4 is 4.74 Å². The molecule has 0 bridgehead atoms. The maximum Gasteiger partial charge on any atom is 0.411 e. The maximum atomic E-state index is 12.7.